The van der Waals surface area contributed by atoms with Crippen molar-refractivity contribution in [2.75, 3.05) is 0 Å². The van der Waals surface area contributed by atoms with E-state index in [1.807, 2.05) is 30.8 Å². The van der Waals surface area contributed by atoms with E-state index in [4.69, 9.17) is 17.4 Å². The van der Waals surface area contributed by atoms with Gasteiger partial charge in [-0.3, -0.25) is 16.0 Å². The summed E-state index contributed by atoms with van der Waals surface area (Å²) in [5, 5.41) is 4.92. The third-order valence-corrected chi connectivity index (χ3v) is 3.38. The Morgan fingerprint density at radius 2 is 2.15 bits per heavy atom. The molecule has 0 amide bonds. The summed E-state index contributed by atoms with van der Waals surface area (Å²) >= 11 is 5.91. The fourth-order valence-electron chi connectivity index (χ4n) is 2.02. The van der Waals surface area contributed by atoms with Crippen LogP contribution in [0.3, 0.4) is 0 Å². The van der Waals surface area contributed by atoms with Gasteiger partial charge in [0.25, 0.3) is 0 Å². The van der Waals surface area contributed by atoms with Crippen molar-refractivity contribution in [2.24, 2.45) is 5.84 Å². The monoisotopic (exact) mass is 296 g/mol. The minimum atomic E-state index is -0.371. The molecular formula is C14H18ClFN4. The molecule has 1 heterocycles. The Hall–Kier alpha value is -1.43. The molecule has 0 spiro atoms. The maximum Gasteiger partial charge on any atom is 0.128 e. The van der Waals surface area contributed by atoms with Gasteiger partial charge in [0.05, 0.1) is 11.7 Å². The van der Waals surface area contributed by atoms with E-state index in [2.05, 4.69) is 10.5 Å². The van der Waals surface area contributed by atoms with Crippen LogP contribution < -0.4 is 11.3 Å². The summed E-state index contributed by atoms with van der Waals surface area (Å²) in [5.74, 6) is 5.21. The Kier molecular flexibility index (Phi) is 4.75. The second-order valence-electron chi connectivity index (χ2n) is 4.97. The molecule has 3 N–H and O–H groups in total. The molecule has 1 unspecified atom stereocenters. The minimum Gasteiger partial charge on any atom is -0.271 e. The zero-order chi connectivity index (χ0) is 14.7. The highest BCUT2D eigenvalue weighted by molar-refractivity contribution is 6.30. The van der Waals surface area contributed by atoms with Gasteiger partial charge in [-0.25, -0.2) is 4.39 Å². The van der Waals surface area contributed by atoms with Crippen molar-refractivity contribution in [2.45, 2.75) is 32.4 Å². The number of aromatic nitrogens is 2. The van der Waals surface area contributed by atoms with Gasteiger partial charge in [-0.1, -0.05) is 11.6 Å². The van der Waals surface area contributed by atoms with Crippen LogP contribution in [0.5, 0.6) is 0 Å². The predicted octanol–water partition coefficient (Wildman–Crippen LogP) is 3.00. The first-order valence-electron chi connectivity index (χ1n) is 6.46. The predicted molar refractivity (Wildman–Crippen MR) is 77.8 cm³/mol. The molecule has 1 aromatic carbocycles. The van der Waals surface area contributed by atoms with Gasteiger partial charge in [0.1, 0.15) is 5.82 Å². The largest absolute Gasteiger partial charge is 0.271 e. The van der Waals surface area contributed by atoms with Crippen LogP contribution in [0.25, 0.3) is 0 Å². The van der Waals surface area contributed by atoms with E-state index in [9.17, 15) is 4.39 Å². The molecule has 108 valence electrons. The molecule has 0 aliphatic heterocycles. The third-order valence-electron chi connectivity index (χ3n) is 3.14. The zero-order valence-electron chi connectivity index (χ0n) is 11.5. The van der Waals surface area contributed by atoms with E-state index in [1.54, 1.807) is 6.07 Å². The Morgan fingerprint density at radius 1 is 1.40 bits per heavy atom. The third kappa shape index (κ3) is 3.36. The molecule has 0 radical (unpaired) electrons. The molecular weight excluding hydrogens is 279 g/mol. The summed E-state index contributed by atoms with van der Waals surface area (Å²) in [6.45, 7) is 4.10. The van der Waals surface area contributed by atoms with Crippen LogP contribution in [0.4, 0.5) is 4.39 Å². The van der Waals surface area contributed by atoms with E-state index in [1.165, 1.54) is 12.1 Å². The highest BCUT2D eigenvalue weighted by atomic mass is 35.5. The van der Waals surface area contributed by atoms with E-state index in [0.29, 0.717) is 17.0 Å². The Balaban J connectivity index is 2.21. The number of halogens is 2. The van der Waals surface area contributed by atoms with Crippen LogP contribution in [-0.2, 0) is 6.42 Å². The fourth-order valence-corrected chi connectivity index (χ4v) is 2.20. The van der Waals surface area contributed by atoms with Crippen LogP contribution >= 0.6 is 11.6 Å². The quantitative estimate of drug-likeness (QED) is 0.659. The van der Waals surface area contributed by atoms with Crippen LogP contribution in [0, 0.1) is 5.82 Å². The van der Waals surface area contributed by atoms with Crippen LogP contribution in [0.1, 0.15) is 37.2 Å². The standard InChI is InChI=1S/C14H18ClFN4/c1-9(2)20-6-5-11(19-20)8-14(18-17)12-7-10(15)3-4-13(12)16/h3-7,9,14,18H,8,17H2,1-2H3. The van der Waals surface area contributed by atoms with Gasteiger partial charge in [0, 0.05) is 29.2 Å². The fraction of sp³-hybridized carbons (Fsp3) is 0.357. The summed E-state index contributed by atoms with van der Waals surface area (Å²) in [6.07, 6.45) is 2.40. The van der Waals surface area contributed by atoms with Crippen molar-refractivity contribution in [3.63, 3.8) is 0 Å². The molecule has 0 saturated heterocycles. The van der Waals surface area contributed by atoms with Gasteiger partial charge in [0.15, 0.2) is 0 Å². The molecule has 6 heteroatoms. The molecule has 0 aliphatic carbocycles. The topological polar surface area (TPSA) is 55.9 Å². The maximum absolute atomic E-state index is 13.9. The molecule has 4 nitrogen and oxygen atoms in total. The van der Waals surface area contributed by atoms with Gasteiger partial charge >= 0.3 is 0 Å². The summed E-state index contributed by atoms with van der Waals surface area (Å²) in [6, 6.07) is 6.27. The van der Waals surface area contributed by atoms with Gasteiger partial charge in [0.2, 0.25) is 0 Å². The average Bonchev–Trinajstić information content (AvgIpc) is 2.88. The van der Waals surface area contributed by atoms with Crippen molar-refractivity contribution >= 4 is 11.6 Å². The molecule has 0 fully saturated rings. The Bertz CT molecular complexity index is 582. The molecule has 0 saturated carbocycles. The first-order valence-corrected chi connectivity index (χ1v) is 6.84. The molecule has 1 atom stereocenters. The van der Waals surface area contributed by atoms with E-state index in [0.717, 1.165) is 5.69 Å². The van der Waals surface area contributed by atoms with Gasteiger partial charge in [-0.15, -0.1) is 0 Å². The lowest BCUT2D eigenvalue weighted by Crippen LogP contribution is -2.30. The SMILES string of the molecule is CC(C)n1ccc(CC(NN)c2cc(Cl)ccc2F)n1. The smallest absolute Gasteiger partial charge is 0.128 e. The van der Waals surface area contributed by atoms with E-state index < -0.39 is 0 Å². The Labute approximate surface area is 122 Å². The summed E-state index contributed by atoms with van der Waals surface area (Å²) in [4.78, 5) is 0. The summed E-state index contributed by atoms with van der Waals surface area (Å²) < 4.78 is 15.7. The number of hydrogen-bond donors (Lipinski definition) is 2. The summed E-state index contributed by atoms with van der Waals surface area (Å²) in [7, 11) is 0. The number of benzene rings is 1. The maximum atomic E-state index is 13.9. The van der Waals surface area contributed by atoms with Crippen molar-refractivity contribution in [3.8, 4) is 0 Å². The first kappa shape index (κ1) is 15.0. The molecule has 20 heavy (non-hydrogen) atoms. The minimum absolute atomic E-state index is 0.288. The lowest BCUT2D eigenvalue weighted by atomic mass is 10.0. The number of hydrazine groups is 1. The van der Waals surface area contributed by atoms with Crippen molar-refractivity contribution in [1.29, 1.82) is 0 Å². The molecule has 2 aromatic rings. The molecule has 0 aliphatic rings. The normalized spacial score (nSPS) is 12.9. The van der Waals surface area contributed by atoms with Crippen LogP contribution in [0.2, 0.25) is 5.02 Å². The van der Waals surface area contributed by atoms with Crippen molar-refractivity contribution in [1.82, 2.24) is 15.2 Å². The van der Waals surface area contributed by atoms with E-state index in [-0.39, 0.29) is 17.9 Å². The highest BCUT2D eigenvalue weighted by Crippen LogP contribution is 2.23. The molecule has 1 aromatic heterocycles. The number of hydrogen-bond acceptors (Lipinski definition) is 3. The number of rotatable bonds is 5. The lowest BCUT2D eigenvalue weighted by molar-refractivity contribution is 0.490. The first-order chi connectivity index (χ1) is 9.51. The number of nitrogens with one attached hydrogen (secondary N) is 1. The van der Waals surface area contributed by atoms with Crippen molar-refractivity contribution in [3.05, 3.63) is 52.6 Å². The lowest BCUT2D eigenvalue weighted by Gasteiger charge is -2.16. The zero-order valence-corrected chi connectivity index (χ0v) is 12.2. The van der Waals surface area contributed by atoms with Crippen LogP contribution in [-0.4, -0.2) is 9.78 Å². The average molecular weight is 297 g/mol. The van der Waals surface area contributed by atoms with Crippen molar-refractivity contribution < 1.29 is 4.39 Å². The molecule has 2 rings (SSSR count). The second-order valence-corrected chi connectivity index (χ2v) is 5.41. The molecule has 0 bridgehead atoms. The number of nitrogens with zero attached hydrogens (tertiary/aromatic N) is 2. The summed E-state index contributed by atoms with van der Waals surface area (Å²) in [5.41, 5.74) is 3.92. The van der Waals surface area contributed by atoms with E-state index >= 15 is 0 Å². The Morgan fingerprint density at radius 3 is 2.75 bits per heavy atom. The highest BCUT2D eigenvalue weighted by Gasteiger charge is 2.17. The number of nitrogens with two attached hydrogens (primary N) is 1. The van der Waals surface area contributed by atoms with Gasteiger partial charge in [-0.2, -0.15) is 5.10 Å². The van der Waals surface area contributed by atoms with Gasteiger partial charge < -0.3 is 0 Å². The second kappa shape index (κ2) is 6.35. The van der Waals surface area contributed by atoms with Crippen LogP contribution in [0.15, 0.2) is 30.5 Å². The van der Waals surface area contributed by atoms with Gasteiger partial charge in [-0.05, 0) is 38.1 Å².